The average molecular weight is 276 g/mol. The van der Waals surface area contributed by atoms with E-state index >= 15 is 0 Å². The standard InChI is InChI=1S/C15H25BN2O2/c1-17(2)15(9-6-10-15)12-18(3)11-13-7-4-5-8-14(13)16(19)20/h4-5,7-8,19-20H,6,9-12H2,1-3H3. The number of hydrogen-bond donors (Lipinski definition) is 2. The van der Waals surface area contributed by atoms with Crippen LogP contribution in [0.25, 0.3) is 0 Å². The Bertz CT molecular complexity index is 447. The minimum Gasteiger partial charge on any atom is -0.423 e. The molecular weight excluding hydrogens is 251 g/mol. The first-order valence-corrected chi connectivity index (χ1v) is 7.24. The molecule has 0 spiro atoms. The summed E-state index contributed by atoms with van der Waals surface area (Å²) in [5.74, 6) is 0. The van der Waals surface area contributed by atoms with E-state index in [4.69, 9.17) is 0 Å². The molecule has 5 heteroatoms. The molecule has 1 fully saturated rings. The van der Waals surface area contributed by atoms with Gasteiger partial charge in [0.25, 0.3) is 0 Å². The van der Waals surface area contributed by atoms with Crippen molar-refractivity contribution in [3.05, 3.63) is 29.8 Å². The van der Waals surface area contributed by atoms with Crippen molar-refractivity contribution < 1.29 is 10.0 Å². The van der Waals surface area contributed by atoms with Crippen LogP contribution in [0.4, 0.5) is 0 Å². The first kappa shape index (κ1) is 15.5. The summed E-state index contributed by atoms with van der Waals surface area (Å²) in [4.78, 5) is 4.61. The van der Waals surface area contributed by atoms with Crippen LogP contribution in [0.3, 0.4) is 0 Å². The van der Waals surface area contributed by atoms with E-state index in [1.165, 1.54) is 19.3 Å². The lowest BCUT2D eigenvalue weighted by molar-refractivity contribution is 0.0259. The maximum atomic E-state index is 9.42. The van der Waals surface area contributed by atoms with Gasteiger partial charge in [-0.2, -0.15) is 0 Å². The van der Waals surface area contributed by atoms with Crippen LogP contribution in [0.2, 0.25) is 0 Å². The SMILES string of the molecule is CN(Cc1ccccc1B(O)O)CC1(N(C)C)CCC1. The number of nitrogens with zero attached hydrogens (tertiary/aromatic N) is 2. The van der Waals surface area contributed by atoms with E-state index in [-0.39, 0.29) is 0 Å². The molecule has 0 bridgehead atoms. The highest BCUT2D eigenvalue weighted by Crippen LogP contribution is 2.36. The Labute approximate surface area is 122 Å². The molecule has 0 aliphatic heterocycles. The second kappa shape index (κ2) is 6.27. The van der Waals surface area contributed by atoms with Crippen molar-refractivity contribution in [3.63, 3.8) is 0 Å². The first-order chi connectivity index (χ1) is 9.44. The summed E-state index contributed by atoms with van der Waals surface area (Å²) in [5, 5.41) is 18.8. The number of hydrogen-bond acceptors (Lipinski definition) is 4. The van der Waals surface area contributed by atoms with E-state index in [2.05, 4.69) is 30.9 Å². The predicted molar refractivity (Wildman–Crippen MR) is 82.9 cm³/mol. The van der Waals surface area contributed by atoms with E-state index in [1.54, 1.807) is 6.07 Å². The summed E-state index contributed by atoms with van der Waals surface area (Å²) in [6.07, 6.45) is 3.79. The van der Waals surface area contributed by atoms with Crippen molar-refractivity contribution >= 4 is 12.6 Å². The normalized spacial score (nSPS) is 17.4. The van der Waals surface area contributed by atoms with Crippen molar-refractivity contribution in [2.45, 2.75) is 31.3 Å². The van der Waals surface area contributed by atoms with Crippen molar-refractivity contribution in [2.75, 3.05) is 27.7 Å². The molecule has 1 aliphatic rings. The molecule has 0 aromatic heterocycles. The Kier molecular flexibility index (Phi) is 4.86. The third kappa shape index (κ3) is 3.23. The number of likely N-dealkylation sites (N-methyl/N-ethyl adjacent to an activating group) is 2. The highest BCUT2D eigenvalue weighted by molar-refractivity contribution is 6.59. The van der Waals surface area contributed by atoms with Gasteiger partial charge in [0.05, 0.1) is 0 Å². The first-order valence-electron chi connectivity index (χ1n) is 7.24. The lowest BCUT2D eigenvalue weighted by Gasteiger charge is -2.49. The molecule has 0 unspecified atom stereocenters. The Morgan fingerprint density at radius 2 is 1.80 bits per heavy atom. The van der Waals surface area contributed by atoms with Crippen molar-refractivity contribution in [2.24, 2.45) is 0 Å². The van der Waals surface area contributed by atoms with Gasteiger partial charge in [-0.15, -0.1) is 0 Å². The van der Waals surface area contributed by atoms with Gasteiger partial charge in [-0.05, 0) is 51.4 Å². The third-order valence-electron chi connectivity index (χ3n) is 4.57. The highest BCUT2D eigenvalue weighted by atomic mass is 16.4. The molecule has 4 nitrogen and oxygen atoms in total. The summed E-state index contributed by atoms with van der Waals surface area (Å²) in [5.41, 5.74) is 1.88. The summed E-state index contributed by atoms with van der Waals surface area (Å²) in [6, 6.07) is 7.53. The van der Waals surface area contributed by atoms with Gasteiger partial charge in [0.15, 0.2) is 0 Å². The topological polar surface area (TPSA) is 46.9 Å². The number of benzene rings is 1. The summed E-state index contributed by atoms with van der Waals surface area (Å²) >= 11 is 0. The van der Waals surface area contributed by atoms with Crippen LogP contribution in [0.1, 0.15) is 24.8 Å². The zero-order chi connectivity index (χ0) is 14.8. The molecule has 1 aromatic carbocycles. The third-order valence-corrected chi connectivity index (χ3v) is 4.57. The van der Waals surface area contributed by atoms with Crippen molar-refractivity contribution in [1.82, 2.24) is 9.80 Å². The molecular formula is C15H25BN2O2. The quantitative estimate of drug-likeness (QED) is 0.733. The molecule has 1 aliphatic carbocycles. The Hall–Kier alpha value is -0.875. The smallest absolute Gasteiger partial charge is 0.423 e. The van der Waals surface area contributed by atoms with E-state index in [1.807, 2.05) is 18.2 Å². The minimum atomic E-state index is -1.40. The molecule has 20 heavy (non-hydrogen) atoms. The fourth-order valence-electron chi connectivity index (χ4n) is 3.11. The van der Waals surface area contributed by atoms with Gasteiger partial charge in [0.1, 0.15) is 0 Å². The van der Waals surface area contributed by atoms with E-state index < -0.39 is 7.12 Å². The molecule has 0 amide bonds. The number of rotatable bonds is 6. The maximum Gasteiger partial charge on any atom is 0.488 e. The van der Waals surface area contributed by atoms with Crippen LogP contribution in [0.5, 0.6) is 0 Å². The molecule has 0 saturated heterocycles. The average Bonchev–Trinajstić information content (AvgIpc) is 2.33. The van der Waals surface area contributed by atoms with Crippen molar-refractivity contribution in [3.8, 4) is 0 Å². The molecule has 2 N–H and O–H groups in total. The second-order valence-electron chi connectivity index (χ2n) is 6.22. The van der Waals surface area contributed by atoms with Gasteiger partial charge < -0.3 is 19.8 Å². The van der Waals surface area contributed by atoms with Gasteiger partial charge in [0.2, 0.25) is 0 Å². The zero-order valence-electron chi connectivity index (χ0n) is 12.7. The lowest BCUT2D eigenvalue weighted by Crippen LogP contribution is -2.56. The lowest BCUT2D eigenvalue weighted by atomic mass is 9.74. The highest BCUT2D eigenvalue weighted by Gasteiger charge is 2.39. The molecule has 2 rings (SSSR count). The molecule has 1 saturated carbocycles. The second-order valence-corrected chi connectivity index (χ2v) is 6.22. The molecule has 1 aromatic rings. The maximum absolute atomic E-state index is 9.42. The van der Waals surface area contributed by atoms with E-state index in [0.717, 1.165) is 18.7 Å². The van der Waals surface area contributed by atoms with Crippen molar-refractivity contribution in [1.29, 1.82) is 0 Å². The fraction of sp³-hybridized carbons (Fsp3) is 0.600. The van der Waals surface area contributed by atoms with E-state index in [0.29, 0.717) is 11.0 Å². The van der Waals surface area contributed by atoms with Gasteiger partial charge in [0, 0.05) is 18.6 Å². The van der Waals surface area contributed by atoms with Crippen LogP contribution in [0.15, 0.2) is 24.3 Å². The predicted octanol–water partition coefficient (Wildman–Crippen LogP) is 0.282. The summed E-state index contributed by atoms with van der Waals surface area (Å²) < 4.78 is 0. The molecule has 110 valence electrons. The Morgan fingerprint density at radius 3 is 2.30 bits per heavy atom. The largest absolute Gasteiger partial charge is 0.488 e. The van der Waals surface area contributed by atoms with Gasteiger partial charge in [-0.1, -0.05) is 24.3 Å². The van der Waals surface area contributed by atoms with Gasteiger partial charge >= 0.3 is 7.12 Å². The van der Waals surface area contributed by atoms with Crippen LogP contribution in [0, 0.1) is 0 Å². The fourth-order valence-corrected chi connectivity index (χ4v) is 3.11. The van der Waals surface area contributed by atoms with Gasteiger partial charge in [-0.3, -0.25) is 0 Å². The Morgan fingerprint density at radius 1 is 1.15 bits per heavy atom. The summed E-state index contributed by atoms with van der Waals surface area (Å²) in [6.45, 7) is 1.75. The molecule has 0 atom stereocenters. The van der Waals surface area contributed by atoms with Crippen LogP contribution < -0.4 is 5.46 Å². The van der Waals surface area contributed by atoms with Crippen LogP contribution in [-0.2, 0) is 6.54 Å². The zero-order valence-corrected chi connectivity index (χ0v) is 12.7. The monoisotopic (exact) mass is 276 g/mol. The summed E-state index contributed by atoms with van der Waals surface area (Å²) in [7, 11) is 5.01. The van der Waals surface area contributed by atoms with Crippen LogP contribution >= 0.6 is 0 Å². The van der Waals surface area contributed by atoms with Gasteiger partial charge in [-0.25, -0.2) is 0 Å². The molecule has 0 radical (unpaired) electrons. The van der Waals surface area contributed by atoms with E-state index in [9.17, 15) is 10.0 Å². The minimum absolute atomic E-state index is 0.293. The van der Waals surface area contributed by atoms with Crippen LogP contribution in [-0.4, -0.2) is 60.2 Å². The Balaban J connectivity index is 2.03. The molecule has 0 heterocycles.